The van der Waals surface area contributed by atoms with Crippen molar-refractivity contribution in [3.63, 3.8) is 0 Å². The van der Waals surface area contributed by atoms with Crippen LogP contribution < -0.4 is 10.1 Å². The third-order valence-corrected chi connectivity index (χ3v) is 6.26. The molecule has 0 bridgehead atoms. The minimum Gasteiger partial charge on any atom is -0.491 e. The Balaban J connectivity index is 1.86. The van der Waals surface area contributed by atoms with Gasteiger partial charge in [0.05, 0.1) is 23.4 Å². The summed E-state index contributed by atoms with van der Waals surface area (Å²) >= 11 is 0. The molecule has 1 amide bonds. The molecular formula is C23H31NO5S. The van der Waals surface area contributed by atoms with Crippen molar-refractivity contribution in [1.29, 1.82) is 0 Å². The van der Waals surface area contributed by atoms with E-state index in [0.717, 1.165) is 18.6 Å². The highest BCUT2D eigenvalue weighted by atomic mass is 32.2. The van der Waals surface area contributed by atoms with Gasteiger partial charge in [0.25, 0.3) is 5.91 Å². The highest BCUT2D eigenvalue weighted by molar-refractivity contribution is 7.91. The average Bonchev–Trinajstić information content (AvgIpc) is 2.71. The van der Waals surface area contributed by atoms with Crippen molar-refractivity contribution in [3.8, 4) is 5.75 Å². The van der Waals surface area contributed by atoms with Gasteiger partial charge in [0.1, 0.15) is 5.75 Å². The maximum atomic E-state index is 12.4. The van der Waals surface area contributed by atoms with Crippen LogP contribution in [0.2, 0.25) is 0 Å². The van der Waals surface area contributed by atoms with Crippen LogP contribution in [-0.2, 0) is 21.0 Å². The quantitative estimate of drug-likeness (QED) is 0.585. The molecule has 0 fully saturated rings. The first kappa shape index (κ1) is 23.9. The third-order valence-electron chi connectivity index (χ3n) is 4.57. The molecular weight excluding hydrogens is 402 g/mol. The van der Waals surface area contributed by atoms with E-state index in [1.165, 1.54) is 36.9 Å². The number of carbonyl (C=O) groups is 1. The molecule has 0 saturated carbocycles. The number of hydrogen-bond acceptors (Lipinski definition) is 5. The zero-order chi connectivity index (χ0) is 22.1. The Hall–Kier alpha value is -2.38. The molecule has 0 radical (unpaired) electrons. The van der Waals surface area contributed by atoms with Gasteiger partial charge in [0.15, 0.2) is 9.84 Å². The van der Waals surface area contributed by atoms with Crippen LogP contribution in [0.5, 0.6) is 5.75 Å². The number of carbonyl (C=O) groups excluding carboxylic acids is 1. The summed E-state index contributed by atoms with van der Waals surface area (Å²) in [7, 11) is -1.94. The van der Waals surface area contributed by atoms with Crippen LogP contribution in [-0.4, -0.2) is 45.9 Å². The summed E-state index contributed by atoms with van der Waals surface area (Å²) in [5, 5.41) is 2.96. The smallest absolute Gasteiger partial charge is 0.251 e. The molecule has 2 rings (SSSR count). The summed E-state index contributed by atoms with van der Waals surface area (Å²) in [4.78, 5) is 12.6. The van der Waals surface area contributed by atoms with Gasteiger partial charge in [-0.05, 0) is 75.6 Å². The van der Waals surface area contributed by atoms with Gasteiger partial charge < -0.3 is 14.8 Å². The van der Waals surface area contributed by atoms with Crippen LogP contribution in [0.1, 0.15) is 43.1 Å². The maximum absolute atomic E-state index is 12.4. The Bertz CT molecular complexity index is 906. The van der Waals surface area contributed by atoms with Gasteiger partial charge in [-0.15, -0.1) is 0 Å². The van der Waals surface area contributed by atoms with E-state index in [2.05, 4.69) is 5.32 Å². The van der Waals surface area contributed by atoms with Crippen LogP contribution in [0.4, 0.5) is 0 Å². The lowest BCUT2D eigenvalue weighted by atomic mass is 10.1. The van der Waals surface area contributed by atoms with Gasteiger partial charge >= 0.3 is 0 Å². The topological polar surface area (TPSA) is 81.7 Å². The Morgan fingerprint density at radius 3 is 2.20 bits per heavy atom. The Labute approximate surface area is 179 Å². The highest BCUT2D eigenvalue weighted by Crippen LogP contribution is 2.16. The lowest BCUT2D eigenvalue weighted by Crippen LogP contribution is -2.32. The molecule has 0 spiro atoms. The molecule has 6 nitrogen and oxygen atoms in total. The molecule has 0 aromatic heterocycles. The van der Waals surface area contributed by atoms with Crippen LogP contribution in [0.15, 0.2) is 53.4 Å². The van der Waals surface area contributed by atoms with Crippen molar-refractivity contribution >= 4 is 15.7 Å². The molecule has 0 heterocycles. The maximum Gasteiger partial charge on any atom is 0.251 e. The van der Waals surface area contributed by atoms with E-state index in [1.54, 1.807) is 0 Å². The van der Waals surface area contributed by atoms with Gasteiger partial charge in [-0.3, -0.25) is 4.79 Å². The largest absolute Gasteiger partial charge is 0.491 e. The SMILES string of the molecule is COCCS(=O)(=O)c1ccc(C(=O)NC(C)CCc2ccc(OC(C)C)cc2)cc1. The minimum atomic E-state index is -3.40. The molecule has 2 aromatic carbocycles. The summed E-state index contributed by atoms with van der Waals surface area (Å²) in [6.45, 7) is 6.08. The lowest BCUT2D eigenvalue weighted by Gasteiger charge is -2.15. The third kappa shape index (κ3) is 7.46. The predicted octanol–water partition coefficient (Wildman–Crippen LogP) is 3.65. The molecule has 0 aliphatic rings. The monoisotopic (exact) mass is 433 g/mol. The minimum absolute atomic E-state index is 0.0193. The summed E-state index contributed by atoms with van der Waals surface area (Å²) in [6, 6.07) is 14.0. The van der Waals surface area contributed by atoms with E-state index in [4.69, 9.17) is 9.47 Å². The van der Waals surface area contributed by atoms with E-state index in [9.17, 15) is 13.2 Å². The number of nitrogens with one attached hydrogen (secondary N) is 1. The van der Waals surface area contributed by atoms with Gasteiger partial charge in [-0.25, -0.2) is 8.42 Å². The number of benzene rings is 2. The average molecular weight is 434 g/mol. The molecule has 164 valence electrons. The second-order valence-corrected chi connectivity index (χ2v) is 9.67. The molecule has 1 N–H and O–H groups in total. The Morgan fingerprint density at radius 1 is 1.00 bits per heavy atom. The van der Waals surface area contributed by atoms with Crippen LogP contribution in [0.3, 0.4) is 0 Å². The first-order valence-corrected chi connectivity index (χ1v) is 11.7. The number of methoxy groups -OCH3 is 1. The van der Waals surface area contributed by atoms with Gasteiger partial charge in [0.2, 0.25) is 0 Å². The summed E-state index contributed by atoms with van der Waals surface area (Å²) in [5.41, 5.74) is 1.61. The van der Waals surface area contributed by atoms with Crippen molar-refractivity contribution in [2.24, 2.45) is 0 Å². The predicted molar refractivity (Wildman–Crippen MR) is 118 cm³/mol. The normalized spacial score (nSPS) is 12.6. The molecule has 0 aliphatic heterocycles. The molecule has 0 saturated heterocycles. The van der Waals surface area contributed by atoms with Crippen LogP contribution in [0, 0.1) is 0 Å². The molecule has 1 unspecified atom stereocenters. The molecule has 1 atom stereocenters. The first-order valence-electron chi connectivity index (χ1n) is 10.1. The Morgan fingerprint density at radius 2 is 1.63 bits per heavy atom. The van der Waals surface area contributed by atoms with Gasteiger partial charge in [-0.2, -0.15) is 0 Å². The second kappa shape index (κ2) is 11.1. The number of ether oxygens (including phenoxy) is 2. The van der Waals surface area contributed by atoms with Crippen molar-refractivity contribution in [2.75, 3.05) is 19.5 Å². The van der Waals surface area contributed by atoms with Gasteiger partial charge in [0, 0.05) is 18.7 Å². The highest BCUT2D eigenvalue weighted by Gasteiger charge is 2.16. The zero-order valence-corrected chi connectivity index (χ0v) is 18.9. The fraction of sp³-hybridized carbons (Fsp3) is 0.435. The molecule has 0 aliphatic carbocycles. The summed E-state index contributed by atoms with van der Waals surface area (Å²) in [6.07, 6.45) is 1.77. The lowest BCUT2D eigenvalue weighted by molar-refractivity contribution is 0.0938. The fourth-order valence-corrected chi connectivity index (χ4v) is 4.07. The van der Waals surface area contributed by atoms with Crippen molar-refractivity contribution < 1.29 is 22.7 Å². The van der Waals surface area contributed by atoms with Gasteiger partial charge in [-0.1, -0.05) is 12.1 Å². The number of rotatable bonds is 11. The molecule has 2 aromatic rings. The Kier molecular flexibility index (Phi) is 8.87. The molecule has 7 heteroatoms. The van der Waals surface area contributed by atoms with Crippen molar-refractivity contribution in [1.82, 2.24) is 5.32 Å². The van der Waals surface area contributed by atoms with E-state index >= 15 is 0 Å². The van der Waals surface area contributed by atoms with E-state index < -0.39 is 9.84 Å². The number of amides is 1. The second-order valence-electron chi connectivity index (χ2n) is 7.56. The standard InChI is InChI=1S/C23H31NO5S/c1-17(2)29-21-11-7-19(8-12-21)6-5-18(3)24-23(25)20-9-13-22(14-10-20)30(26,27)16-15-28-4/h7-14,17-18H,5-6,15-16H2,1-4H3,(H,24,25). The summed E-state index contributed by atoms with van der Waals surface area (Å²) in [5.74, 6) is 0.545. The van der Waals surface area contributed by atoms with E-state index in [1.807, 2.05) is 45.0 Å². The summed E-state index contributed by atoms with van der Waals surface area (Å²) < 4.78 is 34.8. The number of sulfone groups is 1. The van der Waals surface area contributed by atoms with Crippen molar-refractivity contribution in [3.05, 3.63) is 59.7 Å². The number of aryl methyl sites for hydroxylation is 1. The van der Waals surface area contributed by atoms with E-state index in [-0.39, 0.29) is 35.3 Å². The van der Waals surface area contributed by atoms with E-state index in [0.29, 0.717) is 5.56 Å². The zero-order valence-electron chi connectivity index (χ0n) is 18.1. The first-order chi connectivity index (χ1) is 14.2. The van der Waals surface area contributed by atoms with Crippen LogP contribution in [0.25, 0.3) is 0 Å². The van der Waals surface area contributed by atoms with Crippen molar-refractivity contribution in [2.45, 2.75) is 50.7 Å². The van der Waals surface area contributed by atoms with Crippen LogP contribution >= 0.6 is 0 Å². The molecule has 30 heavy (non-hydrogen) atoms. The fourth-order valence-electron chi connectivity index (χ4n) is 2.89. The number of hydrogen-bond donors (Lipinski definition) is 1.